The number of halogens is 1. The van der Waals surface area contributed by atoms with Gasteiger partial charge in [-0.05, 0) is 42.2 Å². The molecule has 2 aliphatic rings. The molecule has 2 N–H and O–H groups in total. The zero-order valence-corrected chi connectivity index (χ0v) is 17.7. The Morgan fingerprint density at radius 3 is 2.81 bits per heavy atom. The molecule has 4 heterocycles. The maximum absolute atomic E-state index is 13.3. The lowest BCUT2D eigenvalue weighted by atomic mass is 10.1. The Morgan fingerprint density at radius 2 is 2.06 bits per heavy atom. The maximum atomic E-state index is 13.3. The van der Waals surface area contributed by atoms with Gasteiger partial charge in [0.05, 0.1) is 17.8 Å². The van der Waals surface area contributed by atoms with Crippen LogP contribution in [0, 0.1) is 5.82 Å². The van der Waals surface area contributed by atoms with E-state index >= 15 is 0 Å². The van der Waals surface area contributed by atoms with E-state index in [1.54, 1.807) is 24.4 Å². The second kappa shape index (κ2) is 7.99. The Morgan fingerprint density at radius 1 is 1.28 bits per heavy atom. The molecule has 2 aromatic heterocycles. The van der Waals surface area contributed by atoms with Crippen molar-refractivity contribution in [2.75, 3.05) is 13.6 Å². The number of aromatic nitrogens is 2. The fourth-order valence-electron chi connectivity index (χ4n) is 4.80. The molecular formula is C23H24FN5O3. The summed E-state index contributed by atoms with van der Waals surface area (Å²) in [7, 11) is 1.26. The summed E-state index contributed by atoms with van der Waals surface area (Å²) in [5, 5.41) is 13.9. The van der Waals surface area contributed by atoms with Crippen molar-refractivity contribution in [3.63, 3.8) is 0 Å². The first-order chi connectivity index (χ1) is 15.4. The van der Waals surface area contributed by atoms with Crippen molar-refractivity contribution in [2.24, 2.45) is 0 Å². The van der Waals surface area contributed by atoms with Gasteiger partial charge < -0.3 is 9.88 Å². The normalized spacial score (nSPS) is 20.5. The number of amides is 2. The maximum Gasteiger partial charge on any atom is 0.295 e. The minimum atomic E-state index is -0.596. The Bertz CT molecular complexity index is 1190. The summed E-state index contributed by atoms with van der Waals surface area (Å²) in [5.41, 5.74) is 2.88. The third-order valence-corrected chi connectivity index (χ3v) is 6.44. The first-order valence-electron chi connectivity index (χ1n) is 10.6. The van der Waals surface area contributed by atoms with Gasteiger partial charge in [-0.15, -0.1) is 0 Å². The predicted octanol–water partition coefficient (Wildman–Crippen LogP) is 2.15. The summed E-state index contributed by atoms with van der Waals surface area (Å²) in [6.07, 6.45) is 5.44. The van der Waals surface area contributed by atoms with Crippen molar-refractivity contribution < 1.29 is 19.2 Å². The quantitative estimate of drug-likeness (QED) is 0.472. The lowest BCUT2D eigenvalue weighted by molar-refractivity contribution is -0.128. The second-order valence-corrected chi connectivity index (χ2v) is 8.49. The number of benzene rings is 1. The van der Waals surface area contributed by atoms with Crippen LogP contribution in [-0.2, 0) is 17.9 Å². The largest absolute Gasteiger partial charge is 0.353 e. The van der Waals surface area contributed by atoms with Crippen LogP contribution in [0.1, 0.15) is 34.5 Å². The minimum Gasteiger partial charge on any atom is -0.353 e. The van der Waals surface area contributed by atoms with E-state index in [2.05, 4.69) is 15.2 Å². The van der Waals surface area contributed by atoms with Gasteiger partial charge in [0, 0.05) is 44.3 Å². The molecule has 0 radical (unpaired) electrons. The summed E-state index contributed by atoms with van der Waals surface area (Å²) in [4.78, 5) is 31.1. The first kappa shape index (κ1) is 20.6. The third kappa shape index (κ3) is 3.63. The minimum absolute atomic E-state index is 0.0632. The van der Waals surface area contributed by atoms with E-state index in [0.29, 0.717) is 30.7 Å². The van der Waals surface area contributed by atoms with Crippen molar-refractivity contribution in [1.29, 1.82) is 0 Å². The number of carbonyl (C=O) groups excluding carboxylic acids is 2. The molecule has 2 bridgehead atoms. The lowest BCUT2D eigenvalue weighted by Gasteiger charge is -2.34. The van der Waals surface area contributed by atoms with Crippen LogP contribution >= 0.6 is 0 Å². The molecular weight excluding hydrogens is 413 g/mol. The summed E-state index contributed by atoms with van der Waals surface area (Å²) < 4.78 is 15.3. The van der Waals surface area contributed by atoms with Crippen LogP contribution in [0.5, 0.6) is 0 Å². The van der Waals surface area contributed by atoms with E-state index in [1.807, 2.05) is 10.8 Å². The van der Waals surface area contributed by atoms with Gasteiger partial charge in [0.2, 0.25) is 5.91 Å². The highest BCUT2D eigenvalue weighted by Gasteiger charge is 2.41. The molecule has 5 rings (SSSR count). The third-order valence-electron chi connectivity index (χ3n) is 6.44. The molecule has 2 atom stereocenters. The molecule has 0 spiro atoms. The highest BCUT2D eigenvalue weighted by atomic mass is 19.1. The Kier molecular flexibility index (Phi) is 5.15. The summed E-state index contributed by atoms with van der Waals surface area (Å²) in [5.74, 6) is -0.821. The number of hydrogen-bond acceptors (Lipinski definition) is 5. The molecule has 8 nitrogen and oxygen atoms in total. The molecule has 2 amide bonds. The van der Waals surface area contributed by atoms with Gasteiger partial charge in [0.15, 0.2) is 0 Å². The van der Waals surface area contributed by atoms with E-state index in [9.17, 15) is 19.2 Å². The smallest absolute Gasteiger partial charge is 0.295 e. The topological polar surface area (TPSA) is 90.7 Å². The van der Waals surface area contributed by atoms with Gasteiger partial charge >= 0.3 is 0 Å². The molecule has 1 aromatic carbocycles. The molecule has 3 aromatic rings. The molecule has 9 heteroatoms. The molecule has 32 heavy (non-hydrogen) atoms. The van der Waals surface area contributed by atoms with Gasteiger partial charge in [-0.25, -0.2) is 14.4 Å². The number of rotatable bonds is 5. The number of hydrogen-bond donors (Lipinski definition) is 2. The van der Waals surface area contributed by atoms with Crippen molar-refractivity contribution in [3.8, 4) is 0 Å². The molecule has 2 aliphatic heterocycles. The number of nitrogens with zero attached hydrogens (tertiary/aromatic N) is 4. The van der Waals surface area contributed by atoms with Crippen molar-refractivity contribution in [1.82, 2.24) is 24.8 Å². The van der Waals surface area contributed by atoms with Gasteiger partial charge in [-0.3, -0.25) is 19.7 Å². The SMILES string of the molecule is CN(O)C(=O)c1cc2c(CN3[C@H]4CC[C@@H]3C(=O)NC4)cn(Cc3ccc(F)cc3)c2cn1. The van der Waals surface area contributed by atoms with E-state index in [4.69, 9.17) is 0 Å². The van der Waals surface area contributed by atoms with Crippen LogP contribution in [0.25, 0.3) is 10.9 Å². The van der Waals surface area contributed by atoms with Crippen LogP contribution in [0.15, 0.2) is 42.7 Å². The molecule has 166 valence electrons. The van der Waals surface area contributed by atoms with Crippen molar-refractivity contribution in [3.05, 3.63) is 65.4 Å². The molecule has 0 aliphatic carbocycles. The summed E-state index contributed by atoms with van der Waals surface area (Å²) >= 11 is 0. The van der Waals surface area contributed by atoms with Gasteiger partial charge in [0.25, 0.3) is 5.91 Å². The lowest BCUT2D eigenvalue weighted by Crippen LogP contribution is -2.54. The molecule has 0 unspecified atom stereocenters. The zero-order valence-electron chi connectivity index (χ0n) is 17.7. The number of fused-ring (bicyclic) bond motifs is 3. The van der Waals surface area contributed by atoms with E-state index in [1.165, 1.54) is 19.2 Å². The van der Waals surface area contributed by atoms with Crippen LogP contribution in [-0.4, -0.2) is 62.2 Å². The second-order valence-electron chi connectivity index (χ2n) is 8.49. The van der Waals surface area contributed by atoms with Gasteiger partial charge in [-0.1, -0.05) is 12.1 Å². The fraction of sp³-hybridized carbons (Fsp3) is 0.348. The molecule has 2 saturated heterocycles. The molecule has 0 saturated carbocycles. The summed E-state index contributed by atoms with van der Waals surface area (Å²) in [6, 6.07) is 8.17. The monoisotopic (exact) mass is 437 g/mol. The Labute approximate surface area is 184 Å². The Hall–Kier alpha value is -3.30. The fourth-order valence-corrected chi connectivity index (χ4v) is 4.80. The van der Waals surface area contributed by atoms with E-state index < -0.39 is 5.91 Å². The standard InChI is InChI=1S/C23H24FN5O3/c1-27(32)23(31)19-8-18-15(13-29-17-6-7-20(29)22(30)26-9-17)12-28(21(18)10-25-19)11-14-2-4-16(24)5-3-14/h2-5,8,10,12,17,20,32H,6-7,9,11,13H2,1H3,(H,26,30)/t17-,20+/m0/s1. The van der Waals surface area contributed by atoms with Gasteiger partial charge in [0.1, 0.15) is 11.5 Å². The Balaban J connectivity index is 1.55. The number of hydroxylamine groups is 2. The van der Waals surface area contributed by atoms with Crippen LogP contribution < -0.4 is 5.32 Å². The molecule has 2 fully saturated rings. The van der Waals surface area contributed by atoms with E-state index in [-0.39, 0.29) is 23.5 Å². The highest BCUT2D eigenvalue weighted by Crippen LogP contribution is 2.32. The number of carbonyl (C=O) groups is 2. The summed E-state index contributed by atoms with van der Waals surface area (Å²) in [6.45, 7) is 1.73. The average Bonchev–Trinajstić information content (AvgIpc) is 3.27. The zero-order chi connectivity index (χ0) is 22.4. The first-order valence-corrected chi connectivity index (χ1v) is 10.6. The highest BCUT2D eigenvalue weighted by molar-refractivity contribution is 5.96. The average molecular weight is 437 g/mol. The number of nitrogens with one attached hydrogen (secondary N) is 1. The predicted molar refractivity (Wildman–Crippen MR) is 114 cm³/mol. The van der Waals surface area contributed by atoms with Crippen LogP contribution in [0.4, 0.5) is 4.39 Å². The van der Waals surface area contributed by atoms with E-state index in [0.717, 1.165) is 34.9 Å². The number of pyridine rings is 1. The van der Waals surface area contributed by atoms with Crippen LogP contribution in [0.2, 0.25) is 0 Å². The van der Waals surface area contributed by atoms with Crippen molar-refractivity contribution in [2.45, 2.75) is 38.0 Å². The van der Waals surface area contributed by atoms with Crippen molar-refractivity contribution >= 4 is 22.7 Å². The van der Waals surface area contributed by atoms with Gasteiger partial charge in [-0.2, -0.15) is 0 Å². The number of piperazine rings is 1. The van der Waals surface area contributed by atoms with Crippen LogP contribution in [0.3, 0.4) is 0 Å².